The molecule has 2 aromatic rings. The Morgan fingerprint density at radius 3 is 2.88 bits per heavy atom. The zero-order chi connectivity index (χ0) is 11.7. The van der Waals surface area contributed by atoms with Gasteiger partial charge in [0.05, 0.1) is 0 Å². The van der Waals surface area contributed by atoms with Gasteiger partial charge in [0.25, 0.3) is 0 Å². The van der Waals surface area contributed by atoms with Crippen LogP contribution >= 0.6 is 0 Å². The number of rotatable bonds is 1. The van der Waals surface area contributed by atoms with Gasteiger partial charge in [-0.1, -0.05) is 18.2 Å². The van der Waals surface area contributed by atoms with Crippen LogP contribution in [0.25, 0.3) is 23.6 Å². The summed E-state index contributed by atoms with van der Waals surface area (Å²) in [4.78, 5) is 3.15. The van der Waals surface area contributed by atoms with Crippen molar-refractivity contribution in [1.82, 2.24) is 4.98 Å². The van der Waals surface area contributed by atoms with Crippen molar-refractivity contribution in [2.75, 3.05) is 0 Å². The van der Waals surface area contributed by atoms with Gasteiger partial charge in [-0.05, 0) is 38.1 Å². The van der Waals surface area contributed by atoms with Gasteiger partial charge in [-0.15, -0.1) is 0 Å². The van der Waals surface area contributed by atoms with Gasteiger partial charge in [-0.25, -0.2) is 4.39 Å². The molecule has 0 bridgehead atoms. The monoisotopic (exact) mass is 215 g/mol. The van der Waals surface area contributed by atoms with E-state index < -0.39 is 0 Å². The zero-order valence-electron chi connectivity index (χ0n) is 9.47. The third kappa shape index (κ3) is 1.78. The Hall–Kier alpha value is -1.83. The normalized spacial score (nSPS) is 13.7. The number of aromatic amines is 1. The van der Waals surface area contributed by atoms with E-state index >= 15 is 0 Å². The Morgan fingerprint density at radius 1 is 1.44 bits per heavy atom. The first-order valence-corrected chi connectivity index (χ1v) is 5.22. The van der Waals surface area contributed by atoms with E-state index in [1.165, 1.54) is 12.1 Å². The van der Waals surface area contributed by atoms with Gasteiger partial charge in [0.2, 0.25) is 0 Å². The third-order valence-corrected chi connectivity index (χ3v) is 2.71. The van der Waals surface area contributed by atoms with Gasteiger partial charge >= 0.3 is 0 Å². The van der Waals surface area contributed by atoms with Crippen LogP contribution in [0, 0.1) is 5.82 Å². The smallest absolute Gasteiger partial charge is 0.123 e. The van der Waals surface area contributed by atoms with E-state index in [1.807, 2.05) is 26.0 Å². The molecule has 2 heteroatoms. The minimum absolute atomic E-state index is 0.223. The number of allylic oxidation sites excluding steroid dienone is 2. The van der Waals surface area contributed by atoms with Crippen molar-refractivity contribution < 1.29 is 4.39 Å². The highest BCUT2D eigenvalue weighted by molar-refractivity contribution is 5.81. The molecule has 0 spiro atoms. The zero-order valence-corrected chi connectivity index (χ0v) is 9.47. The number of H-pyrrole nitrogens is 1. The van der Waals surface area contributed by atoms with Crippen LogP contribution in [0.5, 0.6) is 0 Å². The fourth-order valence-electron chi connectivity index (χ4n) is 1.72. The molecule has 1 aromatic heterocycles. The number of benzene rings is 1. The van der Waals surface area contributed by atoms with Crippen molar-refractivity contribution in [3.63, 3.8) is 0 Å². The first-order chi connectivity index (χ1) is 7.61. The van der Waals surface area contributed by atoms with Crippen molar-refractivity contribution >= 4 is 23.6 Å². The summed E-state index contributed by atoms with van der Waals surface area (Å²) in [5.74, 6) is -0.223. The Balaban J connectivity index is 2.88. The summed E-state index contributed by atoms with van der Waals surface area (Å²) in [7, 11) is 0. The lowest BCUT2D eigenvalue weighted by atomic mass is 10.1. The number of halogens is 1. The quantitative estimate of drug-likeness (QED) is 0.752. The van der Waals surface area contributed by atoms with E-state index in [2.05, 4.69) is 11.6 Å². The van der Waals surface area contributed by atoms with E-state index in [9.17, 15) is 4.39 Å². The first kappa shape index (κ1) is 10.7. The van der Waals surface area contributed by atoms with E-state index in [4.69, 9.17) is 0 Å². The molecule has 0 amide bonds. The Labute approximate surface area is 93.6 Å². The number of hydrogen-bond acceptors (Lipinski definition) is 0. The maximum atomic E-state index is 13.2. The lowest BCUT2D eigenvalue weighted by Crippen LogP contribution is -2.20. The van der Waals surface area contributed by atoms with Gasteiger partial charge in [-0.3, -0.25) is 0 Å². The number of fused-ring (bicyclic) bond motifs is 1. The van der Waals surface area contributed by atoms with Crippen molar-refractivity contribution in [1.29, 1.82) is 0 Å². The molecule has 0 atom stereocenters. The highest BCUT2D eigenvalue weighted by Crippen LogP contribution is 2.08. The second-order valence-corrected chi connectivity index (χ2v) is 3.88. The highest BCUT2D eigenvalue weighted by Gasteiger charge is 2.00. The molecule has 0 aliphatic heterocycles. The second-order valence-electron chi connectivity index (χ2n) is 3.88. The molecule has 82 valence electrons. The molecular formula is C14H14FN. The summed E-state index contributed by atoms with van der Waals surface area (Å²) >= 11 is 0. The molecule has 0 saturated heterocycles. The average molecular weight is 215 g/mol. The molecule has 0 fully saturated rings. The maximum absolute atomic E-state index is 13.2. The molecule has 1 N–H and O–H groups in total. The minimum atomic E-state index is -0.223. The maximum Gasteiger partial charge on any atom is 0.123 e. The molecule has 1 aromatic carbocycles. The Morgan fingerprint density at radius 2 is 2.19 bits per heavy atom. The van der Waals surface area contributed by atoms with Crippen LogP contribution in [0.1, 0.15) is 13.8 Å². The predicted molar refractivity (Wildman–Crippen MR) is 66.9 cm³/mol. The van der Waals surface area contributed by atoms with E-state index in [0.29, 0.717) is 0 Å². The average Bonchev–Trinajstić information content (AvgIpc) is 2.55. The standard InChI is InChI=1S/C14H14FN/c1-4-9(2)7-12-10(3)16-14-6-5-11(15)8-13(12)14/h4-8,16H,3H2,1-2H3/b9-4-,12-7+. The molecule has 0 radical (unpaired) electrons. The van der Waals surface area contributed by atoms with Crippen molar-refractivity contribution in [2.45, 2.75) is 13.8 Å². The molecule has 1 heterocycles. The molecule has 0 aliphatic carbocycles. The molecular weight excluding hydrogens is 201 g/mol. The van der Waals surface area contributed by atoms with Crippen LogP contribution in [-0.4, -0.2) is 4.98 Å². The van der Waals surface area contributed by atoms with Crippen molar-refractivity contribution in [3.8, 4) is 0 Å². The van der Waals surface area contributed by atoms with Crippen LogP contribution in [0.15, 0.2) is 29.8 Å². The summed E-state index contributed by atoms with van der Waals surface area (Å²) < 4.78 is 13.2. The van der Waals surface area contributed by atoms with Gasteiger partial charge in [-0.2, -0.15) is 0 Å². The summed E-state index contributed by atoms with van der Waals surface area (Å²) in [6.45, 7) is 7.93. The lowest BCUT2D eigenvalue weighted by molar-refractivity contribution is 0.629. The summed E-state index contributed by atoms with van der Waals surface area (Å²) in [5, 5.41) is 2.66. The molecule has 0 aliphatic rings. The van der Waals surface area contributed by atoms with Crippen LogP contribution in [0.2, 0.25) is 0 Å². The second kappa shape index (κ2) is 3.97. The van der Waals surface area contributed by atoms with Crippen LogP contribution in [0.4, 0.5) is 4.39 Å². The van der Waals surface area contributed by atoms with Gasteiger partial charge in [0.15, 0.2) is 0 Å². The summed E-state index contributed by atoms with van der Waals surface area (Å²) in [6.07, 6.45) is 4.03. The molecule has 0 unspecified atom stereocenters. The fraction of sp³-hybridized carbons (Fsp3) is 0.143. The van der Waals surface area contributed by atoms with Crippen molar-refractivity contribution in [2.24, 2.45) is 0 Å². The summed E-state index contributed by atoms with van der Waals surface area (Å²) in [6, 6.07) is 4.72. The Bertz CT molecular complexity index is 662. The molecule has 0 saturated carbocycles. The predicted octanol–water partition coefficient (Wildman–Crippen LogP) is 2.46. The summed E-state index contributed by atoms with van der Waals surface area (Å²) in [5.41, 5.74) is 2.05. The van der Waals surface area contributed by atoms with Crippen LogP contribution in [-0.2, 0) is 0 Å². The number of aromatic nitrogens is 1. The van der Waals surface area contributed by atoms with Gasteiger partial charge in [0, 0.05) is 21.5 Å². The van der Waals surface area contributed by atoms with Crippen molar-refractivity contribution in [3.05, 3.63) is 46.2 Å². The number of nitrogens with one attached hydrogen (secondary N) is 1. The third-order valence-electron chi connectivity index (χ3n) is 2.71. The van der Waals surface area contributed by atoms with Crippen LogP contribution in [0.3, 0.4) is 0 Å². The van der Waals surface area contributed by atoms with Gasteiger partial charge < -0.3 is 4.98 Å². The minimum Gasteiger partial charge on any atom is -0.355 e. The highest BCUT2D eigenvalue weighted by atomic mass is 19.1. The lowest BCUT2D eigenvalue weighted by Gasteiger charge is -1.91. The molecule has 1 nitrogen and oxygen atoms in total. The van der Waals surface area contributed by atoms with E-state index in [-0.39, 0.29) is 5.82 Å². The molecule has 2 rings (SSSR count). The Kier molecular flexibility index (Phi) is 2.65. The van der Waals surface area contributed by atoms with Gasteiger partial charge in [0.1, 0.15) is 5.82 Å². The van der Waals surface area contributed by atoms with E-state index in [1.54, 1.807) is 6.07 Å². The van der Waals surface area contributed by atoms with E-state index in [0.717, 1.165) is 27.0 Å². The fourth-order valence-corrected chi connectivity index (χ4v) is 1.72. The number of hydrogen-bond donors (Lipinski definition) is 1. The largest absolute Gasteiger partial charge is 0.355 e. The topological polar surface area (TPSA) is 15.8 Å². The first-order valence-electron chi connectivity index (χ1n) is 5.22. The van der Waals surface area contributed by atoms with Crippen LogP contribution < -0.4 is 10.6 Å². The molecule has 16 heavy (non-hydrogen) atoms. The SMILES string of the molecule is C=c1[nH]c2ccc(F)cc2/c1=C/C(C)=C\C.